The van der Waals surface area contributed by atoms with E-state index in [9.17, 15) is 4.79 Å². The lowest BCUT2D eigenvalue weighted by Crippen LogP contribution is -2.41. The van der Waals surface area contributed by atoms with Crippen LogP contribution in [0.1, 0.15) is 55.6 Å². The third kappa shape index (κ3) is 6.96. The summed E-state index contributed by atoms with van der Waals surface area (Å²) in [5.74, 6) is -0.284. The zero-order valence-electron chi connectivity index (χ0n) is 19.3. The molecule has 162 valence electrons. The maximum absolute atomic E-state index is 12.2. The van der Waals surface area contributed by atoms with Gasteiger partial charge >= 0.3 is 5.97 Å². The van der Waals surface area contributed by atoms with Crippen molar-refractivity contribution >= 4 is 19.9 Å². The molecule has 30 heavy (non-hydrogen) atoms. The number of allylic oxidation sites excluding steroid dienone is 1. The fourth-order valence-electron chi connectivity index (χ4n) is 2.85. The molecule has 0 bridgehead atoms. The summed E-state index contributed by atoms with van der Waals surface area (Å²) >= 11 is 0. The van der Waals surface area contributed by atoms with E-state index in [0.717, 1.165) is 24.0 Å². The van der Waals surface area contributed by atoms with E-state index in [0.29, 0.717) is 18.8 Å². The highest BCUT2D eigenvalue weighted by molar-refractivity contribution is 6.74. The molecule has 0 radical (unpaired) electrons. The van der Waals surface area contributed by atoms with E-state index in [1.807, 2.05) is 31.2 Å². The summed E-state index contributed by atoms with van der Waals surface area (Å²) in [5, 5.41) is 0.148. The van der Waals surface area contributed by atoms with Gasteiger partial charge in [0.05, 0.1) is 18.8 Å². The first kappa shape index (κ1) is 24.1. The Hall–Kier alpha value is -2.17. The Labute approximate surface area is 183 Å². The van der Waals surface area contributed by atoms with Crippen LogP contribution in [0.25, 0.3) is 5.57 Å². The minimum absolute atomic E-state index is 0.148. The topological polar surface area (TPSA) is 35.5 Å². The van der Waals surface area contributed by atoms with E-state index in [1.54, 1.807) is 6.07 Å². The average Bonchev–Trinajstić information content (AvgIpc) is 2.70. The number of aryl methyl sites for hydroxylation is 1. The molecule has 0 aliphatic heterocycles. The molecule has 0 N–H and O–H groups in total. The number of rotatable bonds is 9. The maximum atomic E-state index is 12.2. The fourth-order valence-corrected chi connectivity index (χ4v) is 3.80. The normalized spacial score (nSPS) is 12.7. The molecule has 2 rings (SSSR count). The van der Waals surface area contributed by atoms with Gasteiger partial charge < -0.3 is 9.16 Å². The molecule has 0 aromatic heterocycles. The van der Waals surface area contributed by atoms with Crippen molar-refractivity contribution < 1.29 is 14.0 Å². The van der Waals surface area contributed by atoms with E-state index < -0.39 is 8.32 Å². The minimum atomic E-state index is -1.88. The molecule has 3 nitrogen and oxygen atoms in total. The number of hydrogen-bond acceptors (Lipinski definition) is 3. The lowest BCUT2D eigenvalue weighted by atomic mass is 10.0. The van der Waals surface area contributed by atoms with Gasteiger partial charge in [0.2, 0.25) is 0 Å². The molecule has 0 atom stereocenters. The van der Waals surface area contributed by atoms with Gasteiger partial charge in [0, 0.05) is 0 Å². The molecule has 0 saturated carbocycles. The molecule has 4 heteroatoms. The average molecular weight is 425 g/mol. The highest BCUT2D eigenvalue weighted by Crippen LogP contribution is 2.37. The number of ether oxygens (including phenoxy) is 1. The highest BCUT2D eigenvalue weighted by atomic mass is 28.4. The van der Waals surface area contributed by atoms with E-state index in [2.05, 4.69) is 64.2 Å². The molecule has 0 fully saturated rings. The second-order valence-corrected chi connectivity index (χ2v) is 13.9. The number of esters is 1. The molecule has 0 saturated heterocycles. The SMILES string of the molecule is CCOC(=O)c1cccc(C(=CCCc2ccccc2)CO[Si](C)(C)C(C)(C)C)c1. The second kappa shape index (κ2) is 10.7. The van der Waals surface area contributed by atoms with Crippen LogP contribution in [-0.4, -0.2) is 27.5 Å². The molecular weight excluding hydrogens is 388 g/mol. The summed E-state index contributed by atoms with van der Waals surface area (Å²) < 4.78 is 11.7. The zero-order valence-corrected chi connectivity index (χ0v) is 20.3. The third-order valence-electron chi connectivity index (χ3n) is 5.81. The van der Waals surface area contributed by atoms with Gasteiger partial charge in [-0.25, -0.2) is 4.79 Å². The van der Waals surface area contributed by atoms with Crippen LogP contribution >= 0.6 is 0 Å². The van der Waals surface area contributed by atoms with Gasteiger partial charge in [-0.3, -0.25) is 0 Å². The number of benzene rings is 2. The van der Waals surface area contributed by atoms with Crippen molar-refractivity contribution in [3.8, 4) is 0 Å². The molecule has 0 spiro atoms. The number of hydrogen-bond donors (Lipinski definition) is 0. The van der Waals surface area contributed by atoms with Crippen molar-refractivity contribution in [1.29, 1.82) is 0 Å². The Morgan fingerprint density at radius 1 is 1.00 bits per heavy atom. The van der Waals surface area contributed by atoms with Crippen LogP contribution in [0.2, 0.25) is 18.1 Å². The van der Waals surface area contributed by atoms with Crippen LogP contribution < -0.4 is 0 Å². The third-order valence-corrected chi connectivity index (χ3v) is 10.3. The van der Waals surface area contributed by atoms with Crippen molar-refractivity contribution in [2.75, 3.05) is 13.2 Å². The standard InChI is InChI=1S/C26H36O3Si/c1-7-28-25(27)23-17-12-16-22(19-23)24(20-29-30(5,6)26(2,3)4)18-11-15-21-13-9-8-10-14-21/h8-10,12-14,16-19H,7,11,15,20H2,1-6H3. The van der Waals surface area contributed by atoms with Crippen LogP contribution in [0, 0.1) is 0 Å². The number of carbonyl (C=O) groups excluding carboxylic acids is 1. The van der Waals surface area contributed by atoms with E-state index >= 15 is 0 Å². The predicted octanol–water partition coefficient (Wildman–Crippen LogP) is 6.90. The first-order valence-corrected chi connectivity index (χ1v) is 13.7. The van der Waals surface area contributed by atoms with Crippen molar-refractivity contribution in [3.63, 3.8) is 0 Å². The van der Waals surface area contributed by atoms with Gasteiger partial charge in [-0.1, -0.05) is 69.3 Å². The van der Waals surface area contributed by atoms with Crippen LogP contribution in [0.15, 0.2) is 60.7 Å². The Bertz CT molecular complexity index is 848. The monoisotopic (exact) mass is 424 g/mol. The van der Waals surface area contributed by atoms with Crippen molar-refractivity contribution in [1.82, 2.24) is 0 Å². The van der Waals surface area contributed by atoms with E-state index in [4.69, 9.17) is 9.16 Å². The zero-order chi connectivity index (χ0) is 22.2. The van der Waals surface area contributed by atoms with Crippen molar-refractivity contribution in [3.05, 3.63) is 77.4 Å². The Morgan fingerprint density at radius 2 is 1.67 bits per heavy atom. The minimum Gasteiger partial charge on any atom is -0.462 e. The summed E-state index contributed by atoms with van der Waals surface area (Å²) in [6.07, 6.45) is 4.15. The molecular formula is C26H36O3Si. The maximum Gasteiger partial charge on any atom is 0.338 e. The first-order chi connectivity index (χ1) is 14.1. The smallest absolute Gasteiger partial charge is 0.338 e. The van der Waals surface area contributed by atoms with E-state index in [1.165, 1.54) is 5.56 Å². The van der Waals surface area contributed by atoms with Gasteiger partial charge in [0.25, 0.3) is 0 Å². The fraction of sp³-hybridized carbons (Fsp3) is 0.423. The molecule has 0 aliphatic carbocycles. The first-order valence-electron chi connectivity index (χ1n) is 10.8. The lowest BCUT2D eigenvalue weighted by Gasteiger charge is -2.36. The van der Waals surface area contributed by atoms with Gasteiger partial charge in [0.1, 0.15) is 0 Å². The Balaban J connectivity index is 2.25. The summed E-state index contributed by atoms with van der Waals surface area (Å²) in [6.45, 7) is 14.0. The molecule has 2 aromatic rings. The van der Waals surface area contributed by atoms with Crippen LogP contribution in [-0.2, 0) is 15.6 Å². The van der Waals surface area contributed by atoms with Crippen molar-refractivity contribution in [2.24, 2.45) is 0 Å². The van der Waals surface area contributed by atoms with Crippen LogP contribution in [0.4, 0.5) is 0 Å². The predicted molar refractivity (Wildman–Crippen MR) is 128 cm³/mol. The molecule has 0 amide bonds. The summed E-state index contributed by atoms with van der Waals surface area (Å²) in [4.78, 5) is 12.2. The molecule has 0 heterocycles. The molecule has 2 aromatic carbocycles. The van der Waals surface area contributed by atoms with Gasteiger partial charge in [-0.2, -0.15) is 0 Å². The molecule has 0 aliphatic rings. The van der Waals surface area contributed by atoms with Gasteiger partial charge in [0.15, 0.2) is 8.32 Å². The van der Waals surface area contributed by atoms with Crippen LogP contribution in [0.5, 0.6) is 0 Å². The van der Waals surface area contributed by atoms with Crippen LogP contribution in [0.3, 0.4) is 0 Å². The summed E-state index contributed by atoms with van der Waals surface area (Å²) in [5.41, 5.74) is 4.04. The second-order valence-electron chi connectivity index (χ2n) is 9.10. The van der Waals surface area contributed by atoms with Crippen molar-refractivity contribution in [2.45, 2.75) is 58.7 Å². The summed E-state index contributed by atoms with van der Waals surface area (Å²) in [7, 11) is -1.88. The lowest BCUT2D eigenvalue weighted by molar-refractivity contribution is 0.0526. The Kier molecular flexibility index (Phi) is 8.62. The Morgan fingerprint density at radius 3 is 2.30 bits per heavy atom. The van der Waals surface area contributed by atoms with Gasteiger partial charge in [-0.15, -0.1) is 0 Å². The summed E-state index contributed by atoms with van der Waals surface area (Å²) in [6, 6.07) is 18.2. The molecule has 0 unspecified atom stereocenters. The number of carbonyl (C=O) groups is 1. The highest BCUT2D eigenvalue weighted by Gasteiger charge is 2.37. The largest absolute Gasteiger partial charge is 0.462 e. The van der Waals surface area contributed by atoms with E-state index in [-0.39, 0.29) is 11.0 Å². The quantitative estimate of drug-likeness (QED) is 0.324. The van der Waals surface area contributed by atoms with Gasteiger partial charge in [-0.05, 0) is 66.7 Å².